The van der Waals surface area contributed by atoms with Crippen molar-refractivity contribution in [1.82, 2.24) is 0 Å². The molecule has 4 heteroatoms. The number of nitrogens with two attached hydrogens (primary N) is 1. The number of rotatable bonds is 6. The molecular weight excluding hydrogens is 258 g/mol. The fraction of sp³-hybridized carbons (Fsp3) is 0.333. The molecule has 1 unspecified atom stereocenters. The lowest BCUT2D eigenvalue weighted by Gasteiger charge is -2.15. The van der Waals surface area contributed by atoms with E-state index in [2.05, 4.69) is 0 Å². The molecule has 2 N–H and O–H groups in total. The van der Waals surface area contributed by atoms with Gasteiger partial charge in [-0.15, -0.1) is 11.3 Å². The summed E-state index contributed by atoms with van der Waals surface area (Å²) in [5, 5.41) is 2.03. The Kier molecular flexibility index (Phi) is 4.82. The Bertz CT molecular complexity index is 511. The van der Waals surface area contributed by atoms with Gasteiger partial charge in [0.25, 0.3) is 0 Å². The highest BCUT2D eigenvalue weighted by molar-refractivity contribution is 7.10. The first-order valence-electron chi connectivity index (χ1n) is 6.44. The standard InChI is InChI=1S/C15H19NO2S/c1-3-17-12-8-7-11(10-13(12)18-4-2)15(16)14-6-5-9-19-14/h5-10,15H,3-4,16H2,1-2H3. The second kappa shape index (κ2) is 6.59. The molecule has 0 saturated heterocycles. The zero-order valence-electron chi connectivity index (χ0n) is 11.3. The van der Waals surface area contributed by atoms with Crippen molar-refractivity contribution in [2.24, 2.45) is 5.73 Å². The Labute approximate surface area is 118 Å². The van der Waals surface area contributed by atoms with Crippen molar-refractivity contribution < 1.29 is 9.47 Å². The molecule has 2 aromatic rings. The van der Waals surface area contributed by atoms with E-state index in [4.69, 9.17) is 15.2 Å². The van der Waals surface area contributed by atoms with E-state index < -0.39 is 0 Å². The Balaban J connectivity index is 2.29. The average Bonchev–Trinajstić information content (AvgIpc) is 2.94. The minimum atomic E-state index is -0.116. The normalized spacial score (nSPS) is 12.2. The number of hydrogen-bond acceptors (Lipinski definition) is 4. The van der Waals surface area contributed by atoms with E-state index in [9.17, 15) is 0 Å². The lowest BCUT2D eigenvalue weighted by Crippen LogP contribution is -2.10. The minimum absolute atomic E-state index is 0.116. The molecule has 0 saturated carbocycles. The van der Waals surface area contributed by atoms with Crippen LogP contribution in [0.2, 0.25) is 0 Å². The first-order chi connectivity index (χ1) is 9.26. The Hall–Kier alpha value is -1.52. The van der Waals surface area contributed by atoms with Gasteiger partial charge in [0.1, 0.15) is 0 Å². The van der Waals surface area contributed by atoms with Crippen molar-refractivity contribution in [2.75, 3.05) is 13.2 Å². The van der Waals surface area contributed by atoms with E-state index in [1.807, 2.05) is 49.6 Å². The van der Waals surface area contributed by atoms with Crippen LogP contribution in [0.1, 0.15) is 30.3 Å². The average molecular weight is 277 g/mol. The van der Waals surface area contributed by atoms with E-state index in [0.717, 1.165) is 21.9 Å². The fourth-order valence-electron chi connectivity index (χ4n) is 1.89. The molecule has 0 radical (unpaired) electrons. The van der Waals surface area contributed by atoms with Gasteiger partial charge in [-0.3, -0.25) is 0 Å². The first-order valence-corrected chi connectivity index (χ1v) is 7.32. The molecule has 2 rings (SSSR count). The second-order valence-corrected chi connectivity index (χ2v) is 5.04. The molecule has 102 valence electrons. The van der Waals surface area contributed by atoms with E-state index >= 15 is 0 Å². The highest BCUT2D eigenvalue weighted by Gasteiger charge is 2.13. The Morgan fingerprint density at radius 3 is 2.47 bits per heavy atom. The summed E-state index contributed by atoms with van der Waals surface area (Å²) in [6.07, 6.45) is 0. The summed E-state index contributed by atoms with van der Waals surface area (Å²) < 4.78 is 11.2. The molecular formula is C15H19NO2S. The molecule has 0 amide bonds. The van der Waals surface area contributed by atoms with Gasteiger partial charge in [-0.05, 0) is 43.0 Å². The van der Waals surface area contributed by atoms with Crippen LogP contribution in [0.4, 0.5) is 0 Å². The molecule has 0 fully saturated rings. The fourth-order valence-corrected chi connectivity index (χ4v) is 2.65. The van der Waals surface area contributed by atoms with Crippen LogP contribution >= 0.6 is 11.3 Å². The van der Waals surface area contributed by atoms with Crippen LogP contribution < -0.4 is 15.2 Å². The van der Waals surface area contributed by atoms with Crippen LogP contribution in [-0.4, -0.2) is 13.2 Å². The number of hydrogen-bond donors (Lipinski definition) is 1. The summed E-state index contributed by atoms with van der Waals surface area (Å²) in [4.78, 5) is 1.15. The largest absolute Gasteiger partial charge is 0.490 e. The van der Waals surface area contributed by atoms with Crippen LogP contribution in [0.25, 0.3) is 0 Å². The van der Waals surface area contributed by atoms with Crippen molar-refractivity contribution in [3.63, 3.8) is 0 Å². The molecule has 19 heavy (non-hydrogen) atoms. The smallest absolute Gasteiger partial charge is 0.161 e. The number of thiophene rings is 1. The van der Waals surface area contributed by atoms with Crippen molar-refractivity contribution in [2.45, 2.75) is 19.9 Å². The molecule has 0 aliphatic heterocycles. The third-order valence-corrected chi connectivity index (χ3v) is 3.73. The van der Waals surface area contributed by atoms with Crippen molar-refractivity contribution >= 4 is 11.3 Å². The predicted octanol–water partition coefficient (Wildman–Crippen LogP) is 3.59. The van der Waals surface area contributed by atoms with Crippen LogP contribution in [0.3, 0.4) is 0 Å². The molecule has 1 aromatic carbocycles. The second-order valence-electron chi connectivity index (χ2n) is 4.07. The van der Waals surface area contributed by atoms with Gasteiger partial charge in [-0.2, -0.15) is 0 Å². The van der Waals surface area contributed by atoms with Crippen LogP contribution in [0.5, 0.6) is 11.5 Å². The summed E-state index contributed by atoms with van der Waals surface area (Å²) in [6, 6.07) is 9.84. The van der Waals surface area contributed by atoms with Crippen molar-refractivity contribution in [3.05, 3.63) is 46.2 Å². The maximum absolute atomic E-state index is 6.26. The highest BCUT2D eigenvalue weighted by atomic mass is 32.1. The highest BCUT2D eigenvalue weighted by Crippen LogP contribution is 2.32. The molecule has 0 bridgehead atoms. The summed E-state index contributed by atoms with van der Waals surface area (Å²) in [5.74, 6) is 1.53. The molecule has 0 aliphatic carbocycles. The predicted molar refractivity (Wildman–Crippen MR) is 79.1 cm³/mol. The zero-order chi connectivity index (χ0) is 13.7. The molecule has 0 spiro atoms. The zero-order valence-corrected chi connectivity index (χ0v) is 12.1. The maximum Gasteiger partial charge on any atom is 0.161 e. The maximum atomic E-state index is 6.26. The molecule has 3 nitrogen and oxygen atoms in total. The first kappa shape index (κ1) is 13.9. The van der Waals surface area contributed by atoms with Gasteiger partial charge in [0.05, 0.1) is 19.3 Å². The van der Waals surface area contributed by atoms with Gasteiger partial charge < -0.3 is 15.2 Å². The van der Waals surface area contributed by atoms with Gasteiger partial charge in [0.2, 0.25) is 0 Å². The van der Waals surface area contributed by atoms with E-state index in [0.29, 0.717) is 13.2 Å². The van der Waals surface area contributed by atoms with E-state index in [-0.39, 0.29) is 6.04 Å². The van der Waals surface area contributed by atoms with Gasteiger partial charge in [-0.1, -0.05) is 12.1 Å². The van der Waals surface area contributed by atoms with Crippen molar-refractivity contribution in [3.8, 4) is 11.5 Å². The van der Waals surface area contributed by atoms with Crippen LogP contribution in [0, 0.1) is 0 Å². The summed E-state index contributed by atoms with van der Waals surface area (Å²) in [5.41, 5.74) is 7.30. The third kappa shape index (κ3) is 3.28. The molecule has 1 aromatic heterocycles. The summed E-state index contributed by atoms with van der Waals surface area (Å²) in [7, 11) is 0. The Morgan fingerprint density at radius 1 is 1.11 bits per heavy atom. The van der Waals surface area contributed by atoms with E-state index in [1.54, 1.807) is 11.3 Å². The van der Waals surface area contributed by atoms with Gasteiger partial charge >= 0.3 is 0 Å². The van der Waals surface area contributed by atoms with Crippen molar-refractivity contribution in [1.29, 1.82) is 0 Å². The van der Waals surface area contributed by atoms with E-state index in [1.165, 1.54) is 0 Å². The molecule has 1 atom stereocenters. The molecule has 0 aliphatic rings. The number of benzene rings is 1. The third-order valence-electron chi connectivity index (χ3n) is 2.78. The van der Waals surface area contributed by atoms with Gasteiger partial charge in [0, 0.05) is 4.88 Å². The monoisotopic (exact) mass is 277 g/mol. The quantitative estimate of drug-likeness (QED) is 0.877. The minimum Gasteiger partial charge on any atom is -0.490 e. The lowest BCUT2D eigenvalue weighted by molar-refractivity contribution is 0.287. The SMILES string of the molecule is CCOc1ccc(C(N)c2cccs2)cc1OCC. The summed E-state index contributed by atoms with van der Waals surface area (Å²) in [6.45, 7) is 5.15. The topological polar surface area (TPSA) is 44.5 Å². The number of ether oxygens (including phenoxy) is 2. The Morgan fingerprint density at radius 2 is 1.84 bits per heavy atom. The summed E-state index contributed by atoms with van der Waals surface area (Å²) >= 11 is 1.66. The van der Waals surface area contributed by atoms with Gasteiger partial charge in [-0.25, -0.2) is 0 Å². The lowest BCUT2D eigenvalue weighted by atomic mass is 10.1. The van der Waals surface area contributed by atoms with Crippen LogP contribution in [-0.2, 0) is 0 Å². The molecule has 1 heterocycles. The van der Waals surface area contributed by atoms with Gasteiger partial charge in [0.15, 0.2) is 11.5 Å². The van der Waals surface area contributed by atoms with Crippen LogP contribution in [0.15, 0.2) is 35.7 Å².